The van der Waals surface area contributed by atoms with Crippen LogP contribution in [0.25, 0.3) is 0 Å². The molecule has 2 fully saturated rings. The van der Waals surface area contributed by atoms with Crippen LogP contribution in [-0.4, -0.2) is 47.5 Å². The number of piperidine rings is 1. The van der Waals surface area contributed by atoms with Crippen LogP contribution in [0.3, 0.4) is 0 Å². The number of likely N-dealkylation sites (tertiary alicyclic amines) is 1. The number of carbonyl (C=O) groups excluding carboxylic acids is 3. The SMILES string of the molecule is Cc1cc(C(=O)NC2CCCCC2)ccc1NC(=O)C1CCN(C(=O)OC(C)(C)C)CC1. The van der Waals surface area contributed by atoms with E-state index in [2.05, 4.69) is 10.6 Å². The Morgan fingerprint density at radius 3 is 2.25 bits per heavy atom. The number of nitrogens with one attached hydrogen (secondary N) is 2. The zero-order valence-electron chi connectivity index (χ0n) is 19.8. The van der Waals surface area contributed by atoms with Gasteiger partial charge in [0.05, 0.1) is 0 Å². The van der Waals surface area contributed by atoms with Crippen molar-refractivity contribution in [1.29, 1.82) is 0 Å². The molecule has 32 heavy (non-hydrogen) atoms. The number of benzene rings is 1. The minimum absolute atomic E-state index is 0.0451. The highest BCUT2D eigenvalue weighted by Gasteiger charge is 2.30. The van der Waals surface area contributed by atoms with Crippen LogP contribution in [0, 0.1) is 12.8 Å². The summed E-state index contributed by atoms with van der Waals surface area (Å²) in [6.45, 7) is 8.45. The molecule has 0 atom stereocenters. The van der Waals surface area contributed by atoms with Crippen molar-refractivity contribution >= 4 is 23.6 Å². The normalized spacial score (nSPS) is 18.2. The fourth-order valence-corrected chi connectivity index (χ4v) is 4.35. The maximum atomic E-state index is 12.8. The highest BCUT2D eigenvalue weighted by Crippen LogP contribution is 2.24. The molecule has 0 spiro atoms. The fourth-order valence-electron chi connectivity index (χ4n) is 4.35. The van der Waals surface area contributed by atoms with Crippen molar-refractivity contribution in [3.8, 4) is 0 Å². The van der Waals surface area contributed by atoms with E-state index in [1.54, 1.807) is 17.0 Å². The second kappa shape index (κ2) is 10.4. The predicted molar refractivity (Wildman–Crippen MR) is 125 cm³/mol. The van der Waals surface area contributed by atoms with E-state index in [1.807, 2.05) is 33.8 Å². The van der Waals surface area contributed by atoms with E-state index in [1.165, 1.54) is 19.3 Å². The number of nitrogens with zero attached hydrogens (tertiary/aromatic N) is 1. The van der Waals surface area contributed by atoms with Gasteiger partial charge in [-0.3, -0.25) is 9.59 Å². The fraction of sp³-hybridized carbons (Fsp3) is 0.640. The van der Waals surface area contributed by atoms with E-state index < -0.39 is 5.60 Å². The van der Waals surface area contributed by atoms with Crippen LogP contribution in [0.1, 0.15) is 81.6 Å². The average molecular weight is 444 g/mol. The lowest BCUT2D eigenvalue weighted by molar-refractivity contribution is -0.121. The summed E-state index contributed by atoms with van der Waals surface area (Å²) in [6.07, 6.45) is 6.57. The van der Waals surface area contributed by atoms with Crippen LogP contribution in [0.4, 0.5) is 10.5 Å². The number of hydrogen-bond donors (Lipinski definition) is 2. The Morgan fingerprint density at radius 1 is 1.00 bits per heavy atom. The van der Waals surface area contributed by atoms with E-state index in [4.69, 9.17) is 4.74 Å². The molecule has 1 aliphatic carbocycles. The Labute approximate surface area is 191 Å². The molecule has 1 aliphatic heterocycles. The van der Waals surface area contributed by atoms with E-state index in [9.17, 15) is 14.4 Å². The molecule has 3 amide bonds. The zero-order valence-corrected chi connectivity index (χ0v) is 19.8. The third-order valence-corrected chi connectivity index (χ3v) is 6.20. The van der Waals surface area contributed by atoms with Gasteiger partial charge in [0.15, 0.2) is 0 Å². The van der Waals surface area contributed by atoms with Gasteiger partial charge >= 0.3 is 6.09 Å². The van der Waals surface area contributed by atoms with Crippen LogP contribution < -0.4 is 10.6 Å². The van der Waals surface area contributed by atoms with Crippen LogP contribution in [0.5, 0.6) is 0 Å². The molecule has 1 aromatic carbocycles. The van der Waals surface area contributed by atoms with Crippen LogP contribution in [0.2, 0.25) is 0 Å². The Kier molecular flexibility index (Phi) is 7.80. The molecule has 2 N–H and O–H groups in total. The lowest BCUT2D eigenvalue weighted by atomic mass is 9.95. The topological polar surface area (TPSA) is 87.7 Å². The Hall–Kier alpha value is -2.57. The van der Waals surface area contributed by atoms with E-state index >= 15 is 0 Å². The molecule has 1 aromatic rings. The molecule has 1 heterocycles. The Balaban J connectivity index is 1.51. The molecule has 0 aromatic heterocycles. The lowest BCUT2D eigenvalue weighted by Gasteiger charge is -2.33. The summed E-state index contributed by atoms with van der Waals surface area (Å²) in [7, 11) is 0. The average Bonchev–Trinajstić information content (AvgIpc) is 2.74. The molecule has 7 heteroatoms. The number of ether oxygens (including phenoxy) is 1. The standard InChI is InChI=1S/C25H37N3O4/c1-17-16-19(23(30)26-20-8-6-5-7-9-20)10-11-21(17)27-22(29)18-12-14-28(15-13-18)24(31)32-25(2,3)4/h10-11,16,18,20H,5-9,12-15H2,1-4H3,(H,26,30)(H,27,29). The monoisotopic (exact) mass is 443 g/mol. The number of anilines is 1. The lowest BCUT2D eigenvalue weighted by Crippen LogP contribution is -2.43. The number of amides is 3. The highest BCUT2D eigenvalue weighted by atomic mass is 16.6. The van der Waals surface area contributed by atoms with E-state index in [0.717, 1.165) is 24.1 Å². The predicted octanol–water partition coefficient (Wildman–Crippen LogP) is 4.64. The molecule has 1 saturated heterocycles. The van der Waals surface area contributed by atoms with Gasteiger partial charge in [0.25, 0.3) is 5.91 Å². The largest absolute Gasteiger partial charge is 0.444 e. The highest BCUT2D eigenvalue weighted by molar-refractivity contribution is 5.97. The number of carbonyl (C=O) groups is 3. The van der Waals surface area contributed by atoms with Gasteiger partial charge in [-0.25, -0.2) is 4.79 Å². The Bertz CT molecular complexity index is 832. The van der Waals surface area contributed by atoms with Gasteiger partial charge < -0.3 is 20.3 Å². The first-order chi connectivity index (χ1) is 15.1. The first-order valence-electron chi connectivity index (χ1n) is 11.8. The minimum atomic E-state index is -0.525. The maximum Gasteiger partial charge on any atom is 0.410 e. The Morgan fingerprint density at radius 2 is 1.66 bits per heavy atom. The van der Waals surface area contributed by atoms with Crippen molar-refractivity contribution in [2.75, 3.05) is 18.4 Å². The molecule has 2 aliphatic rings. The van der Waals surface area contributed by atoms with E-state index in [0.29, 0.717) is 31.5 Å². The number of rotatable bonds is 4. The van der Waals surface area contributed by atoms with Crippen molar-refractivity contribution in [3.63, 3.8) is 0 Å². The van der Waals surface area contributed by atoms with E-state index in [-0.39, 0.29) is 29.9 Å². The molecule has 0 radical (unpaired) electrons. The molecular formula is C25H37N3O4. The molecular weight excluding hydrogens is 406 g/mol. The summed E-state index contributed by atoms with van der Waals surface area (Å²) < 4.78 is 5.42. The number of hydrogen-bond acceptors (Lipinski definition) is 4. The summed E-state index contributed by atoms with van der Waals surface area (Å²) >= 11 is 0. The summed E-state index contributed by atoms with van der Waals surface area (Å²) in [5.74, 6) is -0.244. The van der Waals surface area contributed by atoms with Crippen molar-refractivity contribution in [2.24, 2.45) is 5.92 Å². The smallest absolute Gasteiger partial charge is 0.410 e. The van der Waals surface area contributed by atoms with Crippen LogP contribution in [0.15, 0.2) is 18.2 Å². The third kappa shape index (κ3) is 6.71. The summed E-state index contributed by atoms with van der Waals surface area (Å²) in [5, 5.41) is 6.14. The number of aryl methyl sites for hydroxylation is 1. The molecule has 0 bridgehead atoms. The molecule has 7 nitrogen and oxygen atoms in total. The van der Waals surface area contributed by atoms with Gasteiger partial charge in [-0.05, 0) is 77.1 Å². The van der Waals surface area contributed by atoms with Crippen LogP contribution >= 0.6 is 0 Å². The summed E-state index contributed by atoms with van der Waals surface area (Å²) in [5.41, 5.74) is 1.68. The van der Waals surface area contributed by atoms with Crippen molar-refractivity contribution < 1.29 is 19.1 Å². The summed E-state index contributed by atoms with van der Waals surface area (Å²) in [4.78, 5) is 39.2. The van der Waals surface area contributed by atoms with Gasteiger partial charge in [-0.15, -0.1) is 0 Å². The third-order valence-electron chi connectivity index (χ3n) is 6.20. The molecule has 3 rings (SSSR count). The van der Waals surface area contributed by atoms with Gasteiger partial charge in [-0.1, -0.05) is 19.3 Å². The van der Waals surface area contributed by atoms with Crippen molar-refractivity contribution in [2.45, 2.75) is 84.3 Å². The van der Waals surface area contributed by atoms with Gasteiger partial charge in [0.2, 0.25) is 5.91 Å². The van der Waals surface area contributed by atoms with Crippen molar-refractivity contribution in [1.82, 2.24) is 10.2 Å². The van der Waals surface area contributed by atoms with Gasteiger partial charge in [0.1, 0.15) is 5.60 Å². The maximum absolute atomic E-state index is 12.8. The second-order valence-electron chi connectivity index (χ2n) is 10.1. The van der Waals surface area contributed by atoms with Crippen LogP contribution in [-0.2, 0) is 9.53 Å². The zero-order chi connectivity index (χ0) is 23.3. The quantitative estimate of drug-likeness (QED) is 0.709. The summed E-state index contributed by atoms with van der Waals surface area (Å²) in [6, 6.07) is 5.67. The molecule has 0 unspecified atom stereocenters. The van der Waals surface area contributed by atoms with Crippen molar-refractivity contribution in [3.05, 3.63) is 29.3 Å². The first kappa shape index (κ1) is 24.1. The van der Waals surface area contributed by atoms with Gasteiger partial charge in [-0.2, -0.15) is 0 Å². The molecule has 1 saturated carbocycles. The minimum Gasteiger partial charge on any atom is -0.444 e. The second-order valence-corrected chi connectivity index (χ2v) is 10.1. The van der Waals surface area contributed by atoms with Gasteiger partial charge in [0, 0.05) is 36.3 Å². The first-order valence-corrected chi connectivity index (χ1v) is 11.8. The molecule has 176 valence electrons.